The second-order valence-electron chi connectivity index (χ2n) is 5.08. The Kier molecular flexibility index (Phi) is 6.56. The van der Waals surface area contributed by atoms with Gasteiger partial charge in [0.05, 0.1) is 7.11 Å². The molecule has 3 nitrogen and oxygen atoms in total. The zero-order valence-electron chi connectivity index (χ0n) is 11.5. The minimum Gasteiger partial charge on any atom is -0.468 e. The smallest absolute Gasteiger partial charge is 0.323 e. The van der Waals surface area contributed by atoms with E-state index in [-0.39, 0.29) is 12.0 Å². The molecule has 1 saturated carbocycles. The summed E-state index contributed by atoms with van der Waals surface area (Å²) in [6.45, 7) is 4.29. The highest BCUT2D eigenvalue weighted by Crippen LogP contribution is 2.21. The molecule has 1 aliphatic rings. The second-order valence-corrected chi connectivity index (χ2v) is 5.08. The van der Waals surface area contributed by atoms with Gasteiger partial charge in [0.1, 0.15) is 6.04 Å². The van der Waals surface area contributed by atoms with E-state index in [0.29, 0.717) is 12.0 Å². The zero-order chi connectivity index (χ0) is 12.7. The van der Waals surface area contributed by atoms with Crippen LogP contribution in [-0.4, -0.2) is 25.2 Å². The van der Waals surface area contributed by atoms with Gasteiger partial charge in [-0.2, -0.15) is 0 Å². The molecular formula is C14H27NO2. The Hall–Kier alpha value is -0.570. The van der Waals surface area contributed by atoms with E-state index < -0.39 is 0 Å². The number of nitrogens with one attached hydrogen (secondary N) is 1. The number of carbonyl (C=O) groups excluding carboxylic acids is 1. The van der Waals surface area contributed by atoms with Gasteiger partial charge in [0, 0.05) is 6.04 Å². The van der Waals surface area contributed by atoms with E-state index in [4.69, 9.17) is 4.74 Å². The zero-order valence-corrected chi connectivity index (χ0v) is 11.5. The van der Waals surface area contributed by atoms with Crippen molar-refractivity contribution in [3.63, 3.8) is 0 Å². The van der Waals surface area contributed by atoms with E-state index >= 15 is 0 Å². The van der Waals surface area contributed by atoms with Crippen molar-refractivity contribution >= 4 is 5.97 Å². The van der Waals surface area contributed by atoms with Crippen LogP contribution in [0.25, 0.3) is 0 Å². The van der Waals surface area contributed by atoms with Crippen molar-refractivity contribution in [2.45, 2.75) is 70.9 Å². The van der Waals surface area contributed by atoms with E-state index in [1.54, 1.807) is 0 Å². The lowest BCUT2D eigenvalue weighted by molar-refractivity contribution is -0.145. The summed E-state index contributed by atoms with van der Waals surface area (Å²) in [5.74, 6) is 0.300. The van der Waals surface area contributed by atoms with Gasteiger partial charge in [-0.3, -0.25) is 4.79 Å². The average molecular weight is 241 g/mol. The molecular weight excluding hydrogens is 214 g/mol. The van der Waals surface area contributed by atoms with Gasteiger partial charge in [0.2, 0.25) is 0 Å². The predicted octanol–water partition coefficient (Wildman–Crippen LogP) is 2.89. The first-order chi connectivity index (χ1) is 8.22. The maximum Gasteiger partial charge on any atom is 0.323 e. The molecule has 1 fully saturated rings. The first-order valence-corrected chi connectivity index (χ1v) is 7.06. The predicted molar refractivity (Wildman–Crippen MR) is 69.9 cm³/mol. The molecule has 1 aliphatic carbocycles. The van der Waals surface area contributed by atoms with Crippen LogP contribution in [0.3, 0.4) is 0 Å². The Morgan fingerprint density at radius 2 is 1.82 bits per heavy atom. The van der Waals surface area contributed by atoms with Crippen LogP contribution in [0.4, 0.5) is 0 Å². The molecule has 0 bridgehead atoms. The van der Waals surface area contributed by atoms with Crippen LogP contribution in [0.1, 0.15) is 58.8 Å². The van der Waals surface area contributed by atoms with Gasteiger partial charge >= 0.3 is 5.97 Å². The minimum atomic E-state index is -0.113. The Labute approximate surface area is 105 Å². The lowest BCUT2D eigenvalue weighted by atomic mass is 9.90. The van der Waals surface area contributed by atoms with Crippen LogP contribution in [0, 0.1) is 5.92 Å². The highest BCUT2D eigenvalue weighted by atomic mass is 16.5. The molecule has 0 aromatic carbocycles. The normalized spacial score (nSPS) is 19.3. The van der Waals surface area contributed by atoms with Crippen molar-refractivity contribution in [2.75, 3.05) is 7.11 Å². The van der Waals surface area contributed by atoms with Gasteiger partial charge < -0.3 is 10.1 Å². The number of ether oxygens (including phenoxy) is 1. The second kappa shape index (κ2) is 7.70. The minimum absolute atomic E-state index is 0.0933. The molecule has 100 valence electrons. The highest BCUT2D eigenvalue weighted by molar-refractivity contribution is 5.76. The molecule has 3 heteroatoms. The molecule has 1 atom stereocenters. The Balaban J connectivity index is 2.58. The van der Waals surface area contributed by atoms with Crippen molar-refractivity contribution in [1.82, 2.24) is 5.32 Å². The first kappa shape index (κ1) is 14.5. The van der Waals surface area contributed by atoms with Crippen molar-refractivity contribution in [3.05, 3.63) is 0 Å². The fourth-order valence-electron chi connectivity index (χ4n) is 2.81. The van der Waals surface area contributed by atoms with E-state index in [1.807, 2.05) is 0 Å². The van der Waals surface area contributed by atoms with Crippen LogP contribution in [0.2, 0.25) is 0 Å². The van der Waals surface area contributed by atoms with Gasteiger partial charge in [0.25, 0.3) is 0 Å². The highest BCUT2D eigenvalue weighted by Gasteiger charge is 2.29. The van der Waals surface area contributed by atoms with Gasteiger partial charge in [-0.15, -0.1) is 0 Å². The van der Waals surface area contributed by atoms with Crippen molar-refractivity contribution in [1.29, 1.82) is 0 Å². The maximum absolute atomic E-state index is 11.9. The quantitative estimate of drug-likeness (QED) is 0.727. The molecule has 1 rings (SSSR count). The standard InChI is InChI=1S/C14H27NO2/c1-4-11(5-2)13(14(16)17-3)15-12-9-7-6-8-10-12/h11-13,15H,4-10H2,1-3H3. The summed E-state index contributed by atoms with van der Waals surface area (Å²) in [5, 5.41) is 3.53. The number of carbonyl (C=O) groups is 1. The first-order valence-electron chi connectivity index (χ1n) is 7.06. The lowest BCUT2D eigenvalue weighted by Gasteiger charge is -2.31. The third-order valence-corrected chi connectivity index (χ3v) is 4.00. The van der Waals surface area contributed by atoms with Crippen LogP contribution in [-0.2, 0) is 9.53 Å². The fraction of sp³-hybridized carbons (Fsp3) is 0.929. The molecule has 0 amide bonds. The van der Waals surface area contributed by atoms with Gasteiger partial charge in [-0.25, -0.2) is 0 Å². The summed E-state index contributed by atoms with van der Waals surface area (Å²) in [6, 6.07) is 0.395. The summed E-state index contributed by atoms with van der Waals surface area (Å²) in [5.41, 5.74) is 0. The molecule has 1 N–H and O–H groups in total. The summed E-state index contributed by atoms with van der Waals surface area (Å²) in [7, 11) is 1.49. The number of rotatable bonds is 6. The number of methoxy groups -OCH3 is 1. The van der Waals surface area contributed by atoms with Crippen molar-refractivity contribution in [3.8, 4) is 0 Å². The molecule has 0 aromatic rings. The molecule has 17 heavy (non-hydrogen) atoms. The molecule has 0 aliphatic heterocycles. The SMILES string of the molecule is CCC(CC)C(NC1CCCCC1)C(=O)OC. The third-order valence-electron chi connectivity index (χ3n) is 4.00. The topological polar surface area (TPSA) is 38.3 Å². The van der Waals surface area contributed by atoms with E-state index in [1.165, 1.54) is 39.2 Å². The summed E-state index contributed by atoms with van der Waals surface area (Å²) < 4.78 is 4.94. The molecule has 0 radical (unpaired) electrons. The number of hydrogen-bond acceptors (Lipinski definition) is 3. The summed E-state index contributed by atoms with van der Waals surface area (Å²) >= 11 is 0. The van der Waals surface area contributed by atoms with Crippen LogP contribution in [0.5, 0.6) is 0 Å². The number of hydrogen-bond donors (Lipinski definition) is 1. The maximum atomic E-state index is 11.9. The van der Waals surface area contributed by atoms with Crippen molar-refractivity contribution < 1.29 is 9.53 Å². The molecule has 0 saturated heterocycles. The van der Waals surface area contributed by atoms with Gasteiger partial charge in [-0.1, -0.05) is 46.0 Å². The van der Waals surface area contributed by atoms with Gasteiger partial charge in [-0.05, 0) is 18.8 Å². The van der Waals surface area contributed by atoms with Crippen LogP contribution < -0.4 is 5.32 Å². The molecule has 0 heterocycles. The average Bonchev–Trinajstić information content (AvgIpc) is 2.39. The van der Waals surface area contributed by atoms with E-state index in [2.05, 4.69) is 19.2 Å². The monoisotopic (exact) mass is 241 g/mol. The molecule has 1 unspecified atom stereocenters. The Bertz CT molecular complexity index is 220. The summed E-state index contributed by atoms with van der Waals surface area (Å²) in [4.78, 5) is 11.9. The molecule has 0 spiro atoms. The third kappa shape index (κ3) is 4.30. The van der Waals surface area contributed by atoms with Gasteiger partial charge in [0.15, 0.2) is 0 Å². The van der Waals surface area contributed by atoms with E-state index in [9.17, 15) is 4.79 Å². The number of esters is 1. The fourth-order valence-corrected chi connectivity index (χ4v) is 2.81. The van der Waals surface area contributed by atoms with Crippen LogP contribution in [0.15, 0.2) is 0 Å². The molecule has 0 aromatic heterocycles. The Morgan fingerprint density at radius 1 is 1.24 bits per heavy atom. The lowest BCUT2D eigenvalue weighted by Crippen LogP contribution is -2.48. The largest absolute Gasteiger partial charge is 0.468 e. The summed E-state index contributed by atoms with van der Waals surface area (Å²) in [6.07, 6.45) is 8.36. The van der Waals surface area contributed by atoms with Crippen molar-refractivity contribution in [2.24, 2.45) is 5.92 Å². The van der Waals surface area contributed by atoms with Crippen LogP contribution >= 0.6 is 0 Å². The van der Waals surface area contributed by atoms with E-state index in [0.717, 1.165) is 12.8 Å². The Morgan fingerprint density at radius 3 is 2.29 bits per heavy atom.